The molecule has 0 bridgehead atoms. The predicted molar refractivity (Wildman–Crippen MR) is 124 cm³/mol. The van der Waals surface area contributed by atoms with E-state index in [1.54, 1.807) is 0 Å². The molecule has 0 fully saturated rings. The van der Waals surface area contributed by atoms with Gasteiger partial charge < -0.3 is 5.32 Å². The van der Waals surface area contributed by atoms with Crippen LogP contribution in [0.5, 0.6) is 0 Å². The minimum atomic E-state index is 0.194. The summed E-state index contributed by atoms with van der Waals surface area (Å²) in [7, 11) is 9.53. The van der Waals surface area contributed by atoms with Gasteiger partial charge in [0.2, 0.25) is 0 Å². The van der Waals surface area contributed by atoms with Gasteiger partial charge in [-0.05, 0) is 23.7 Å². The van der Waals surface area contributed by atoms with Crippen LogP contribution in [0.2, 0.25) is 0 Å². The standard InChI is InChI=1S/C24H34N.2ClH.Fe/c1-15(2)19-11-9-12-20(16(3)4)23(19)25-24-21(17(5)6)13-10-14-22(24)18(7)8;;;/h9-18H,1-8H3;2*1H;/q-1;;;+3/p-2. The average molecular weight is 463 g/mol. The summed E-state index contributed by atoms with van der Waals surface area (Å²) in [5.74, 6) is 1.86. The molecule has 0 unspecified atom stereocenters. The summed E-state index contributed by atoms with van der Waals surface area (Å²) < 4.78 is 0. The minimum absolute atomic E-state index is 0.194. The quantitative estimate of drug-likeness (QED) is 0.379. The molecule has 0 spiro atoms. The fraction of sp³-hybridized carbons (Fsp3) is 0.500. The molecule has 0 aliphatic rings. The number of hydrogen-bond acceptors (Lipinski definition) is 0. The molecule has 0 amide bonds. The Bertz CT molecular complexity index is 625. The van der Waals surface area contributed by atoms with Crippen molar-refractivity contribution in [3.63, 3.8) is 0 Å². The first kappa shape index (κ1) is 25.4. The van der Waals surface area contributed by atoms with Crippen molar-refractivity contribution in [2.75, 3.05) is 0 Å². The zero-order valence-corrected chi connectivity index (χ0v) is 20.9. The predicted octanol–water partition coefficient (Wildman–Crippen LogP) is 9.89. The molecule has 0 saturated carbocycles. The summed E-state index contributed by atoms with van der Waals surface area (Å²) >= 11 is 0.194. The summed E-state index contributed by atoms with van der Waals surface area (Å²) in [4.78, 5) is 0. The molecule has 0 aromatic heterocycles. The molecule has 0 aliphatic heterocycles. The van der Waals surface area contributed by atoms with Gasteiger partial charge in [-0.25, -0.2) is 0 Å². The van der Waals surface area contributed by atoms with Crippen LogP contribution in [0.3, 0.4) is 0 Å². The molecule has 2 aromatic carbocycles. The van der Waals surface area contributed by atoms with Crippen LogP contribution in [0.25, 0.3) is 5.32 Å². The molecule has 2 rings (SSSR count). The van der Waals surface area contributed by atoms with Crippen molar-refractivity contribution in [1.82, 2.24) is 0 Å². The third kappa shape index (κ3) is 6.70. The van der Waals surface area contributed by atoms with Crippen molar-refractivity contribution in [3.05, 3.63) is 64.0 Å². The van der Waals surface area contributed by atoms with Gasteiger partial charge in [0, 0.05) is 0 Å². The topological polar surface area (TPSA) is 14.1 Å². The van der Waals surface area contributed by atoms with Gasteiger partial charge in [-0.2, -0.15) is 0 Å². The number of benzene rings is 2. The van der Waals surface area contributed by atoms with E-state index >= 15 is 0 Å². The average Bonchev–Trinajstić information content (AvgIpc) is 2.61. The second-order valence-corrected chi connectivity index (χ2v) is 10.2. The summed E-state index contributed by atoms with van der Waals surface area (Å²) in [6, 6.07) is 13.3. The zero-order chi connectivity index (χ0) is 21.4. The number of nitrogens with zero attached hydrogens (tertiary/aromatic N) is 1. The summed E-state index contributed by atoms with van der Waals surface area (Å²) in [6.07, 6.45) is 0. The number of hydrogen-bond donors (Lipinski definition) is 0. The Kier molecular flexibility index (Phi) is 11.0. The van der Waals surface area contributed by atoms with Crippen LogP contribution in [-0.4, -0.2) is 0 Å². The number of para-hydroxylation sites is 2. The normalized spacial score (nSPS) is 11.2. The first-order valence-electron chi connectivity index (χ1n) is 9.98. The van der Waals surface area contributed by atoms with E-state index in [2.05, 4.69) is 91.8 Å². The molecule has 157 valence electrons. The van der Waals surface area contributed by atoms with E-state index in [-0.39, 0.29) is 13.1 Å². The summed E-state index contributed by atoms with van der Waals surface area (Å²) in [5, 5.41) is 5.33. The molecule has 4 heteroatoms. The third-order valence-corrected chi connectivity index (χ3v) is 4.91. The molecule has 1 nitrogen and oxygen atoms in total. The van der Waals surface area contributed by atoms with Crippen LogP contribution < -0.4 is 0 Å². The van der Waals surface area contributed by atoms with Crippen LogP contribution in [0, 0.1) is 0 Å². The van der Waals surface area contributed by atoms with Crippen LogP contribution >= 0.6 is 20.2 Å². The molecule has 28 heavy (non-hydrogen) atoms. The van der Waals surface area contributed by atoms with Gasteiger partial charge in [-0.1, -0.05) is 114 Å². The Labute approximate surface area is 187 Å². The molecule has 0 heterocycles. The van der Waals surface area contributed by atoms with E-state index < -0.39 is 0 Å². The van der Waals surface area contributed by atoms with E-state index in [9.17, 15) is 0 Å². The number of halogens is 2. The molecule has 0 saturated heterocycles. The first-order valence-corrected chi connectivity index (χ1v) is 13.0. The summed E-state index contributed by atoms with van der Waals surface area (Å²) in [5.41, 5.74) is 7.75. The third-order valence-electron chi connectivity index (χ3n) is 4.91. The number of rotatable bonds is 6. The maximum absolute atomic E-state index is 5.33. The van der Waals surface area contributed by atoms with Crippen LogP contribution in [0.4, 0.5) is 11.4 Å². The van der Waals surface area contributed by atoms with Gasteiger partial charge >= 0.3 is 33.3 Å². The fourth-order valence-electron chi connectivity index (χ4n) is 3.39. The van der Waals surface area contributed by atoms with Crippen LogP contribution in [-0.2, 0) is 13.1 Å². The van der Waals surface area contributed by atoms with Crippen molar-refractivity contribution in [2.45, 2.75) is 79.1 Å². The van der Waals surface area contributed by atoms with Gasteiger partial charge in [0.15, 0.2) is 0 Å². The Balaban J connectivity index is 0.00000122. The Hall–Kier alpha value is -0.661. The van der Waals surface area contributed by atoms with Gasteiger partial charge in [-0.15, -0.1) is 11.4 Å². The van der Waals surface area contributed by atoms with E-state index in [4.69, 9.17) is 25.5 Å². The van der Waals surface area contributed by atoms with Crippen molar-refractivity contribution in [3.8, 4) is 0 Å². The van der Waals surface area contributed by atoms with Crippen molar-refractivity contribution in [1.29, 1.82) is 0 Å². The zero-order valence-electron chi connectivity index (χ0n) is 18.3. The second kappa shape index (κ2) is 12.1. The molecular weight excluding hydrogens is 429 g/mol. The van der Waals surface area contributed by atoms with E-state index in [0.717, 1.165) is 0 Å². The first-order chi connectivity index (χ1) is 13.1. The molecule has 0 aliphatic carbocycles. The summed E-state index contributed by atoms with van der Waals surface area (Å²) in [6.45, 7) is 18.1. The van der Waals surface area contributed by atoms with Crippen LogP contribution in [0.15, 0.2) is 36.4 Å². The Morgan fingerprint density at radius 2 is 0.786 bits per heavy atom. The van der Waals surface area contributed by atoms with E-state index in [1.165, 1.54) is 33.6 Å². The van der Waals surface area contributed by atoms with Crippen molar-refractivity contribution in [2.24, 2.45) is 0 Å². The van der Waals surface area contributed by atoms with Crippen molar-refractivity contribution < 1.29 is 13.1 Å². The molecule has 0 atom stereocenters. The van der Waals surface area contributed by atoms with Crippen molar-refractivity contribution >= 4 is 31.6 Å². The van der Waals surface area contributed by atoms with Gasteiger partial charge in [0.25, 0.3) is 0 Å². The SMILES string of the molecule is CC(C)c1cccc(C(C)C)c1[N-]c1c(C(C)C)cccc1C(C)C.[Cl][Fe+][Cl]. The van der Waals surface area contributed by atoms with Gasteiger partial charge in [0.1, 0.15) is 0 Å². The monoisotopic (exact) mass is 462 g/mol. The second-order valence-electron chi connectivity index (χ2n) is 8.35. The molecule has 2 aromatic rings. The van der Waals surface area contributed by atoms with Gasteiger partial charge in [-0.3, -0.25) is 0 Å². The van der Waals surface area contributed by atoms with E-state index in [1.807, 2.05) is 0 Å². The Morgan fingerprint density at radius 3 is 0.964 bits per heavy atom. The Morgan fingerprint density at radius 1 is 0.571 bits per heavy atom. The molecule has 0 N–H and O–H groups in total. The van der Waals surface area contributed by atoms with Crippen LogP contribution in [0.1, 0.15) is 101 Å². The van der Waals surface area contributed by atoms with Gasteiger partial charge in [0.05, 0.1) is 0 Å². The maximum atomic E-state index is 5.33. The van der Waals surface area contributed by atoms with E-state index in [0.29, 0.717) is 23.7 Å². The molecular formula is C24H34Cl2FeN. The molecule has 0 radical (unpaired) electrons. The fourth-order valence-corrected chi connectivity index (χ4v) is 3.39.